The molecule has 1 saturated carbocycles. The molecule has 6 heteroatoms. The standard InChI is InChI=1S/C18H24Cl2N2O2/c1-3-22(4-2)18(24)13-10-8-12(9-11-13)17(23)21-16-14(19)6-5-7-15(16)20/h5-7,12-13H,3-4,8-11H2,1-2H3,(H,21,23). The average Bonchev–Trinajstić information content (AvgIpc) is 2.59. The molecule has 1 aromatic carbocycles. The van der Waals surface area contributed by atoms with Gasteiger partial charge in [-0.2, -0.15) is 0 Å². The number of carbonyl (C=O) groups is 2. The van der Waals surface area contributed by atoms with Crippen LogP contribution >= 0.6 is 23.2 Å². The topological polar surface area (TPSA) is 49.4 Å². The second-order valence-corrected chi connectivity index (χ2v) is 6.96. The molecule has 0 saturated heterocycles. The summed E-state index contributed by atoms with van der Waals surface area (Å²) in [6.07, 6.45) is 2.94. The van der Waals surface area contributed by atoms with Gasteiger partial charge in [0.15, 0.2) is 0 Å². The quantitative estimate of drug-likeness (QED) is 0.822. The minimum Gasteiger partial charge on any atom is -0.343 e. The first-order valence-corrected chi connectivity index (χ1v) is 9.27. The second kappa shape index (κ2) is 8.72. The van der Waals surface area contributed by atoms with Gasteiger partial charge in [0.1, 0.15) is 0 Å². The van der Waals surface area contributed by atoms with Crippen LogP contribution in [0.3, 0.4) is 0 Å². The van der Waals surface area contributed by atoms with Gasteiger partial charge in [-0.15, -0.1) is 0 Å². The maximum atomic E-state index is 12.5. The summed E-state index contributed by atoms with van der Waals surface area (Å²) in [4.78, 5) is 26.7. The second-order valence-electron chi connectivity index (χ2n) is 6.14. The monoisotopic (exact) mass is 370 g/mol. The molecule has 2 amide bonds. The molecule has 1 aliphatic rings. The van der Waals surface area contributed by atoms with Gasteiger partial charge in [0, 0.05) is 24.9 Å². The molecule has 0 heterocycles. The van der Waals surface area contributed by atoms with Crippen LogP contribution in [-0.2, 0) is 9.59 Å². The van der Waals surface area contributed by atoms with Crippen molar-refractivity contribution >= 4 is 40.7 Å². The highest BCUT2D eigenvalue weighted by molar-refractivity contribution is 6.39. The Bertz CT molecular complexity index is 574. The van der Waals surface area contributed by atoms with Crippen LogP contribution in [0.25, 0.3) is 0 Å². The van der Waals surface area contributed by atoms with Gasteiger partial charge in [-0.1, -0.05) is 29.3 Å². The van der Waals surface area contributed by atoms with Crippen molar-refractivity contribution in [1.82, 2.24) is 4.90 Å². The Morgan fingerprint density at radius 2 is 1.54 bits per heavy atom. The molecule has 0 atom stereocenters. The highest BCUT2D eigenvalue weighted by Crippen LogP contribution is 2.34. The van der Waals surface area contributed by atoms with Crippen LogP contribution < -0.4 is 5.32 Å². The van der Waals surface area contributed by atoms with Crippen molar-refractivity contribution in [1.29, 1.82) is 0 Å². The lowest BCUT2D eigenvalue weighted by molar-refractivity contribution is -0.137. The number of para-hydroxylation sites is 1. The van der Waals surface area contributed by atoms with Gasteiger partial charge in [-0.05, 0) is 51.7 Å². The SMILES string of the molecule is CCN(CC)C(=O)C1CCC(C(=O)Nc2c(Cl)cccc2Cl)CC1. The van der Waals surface area contributed by atoms with Crippen molar-refractivity contribution in [2.24, 2.45) is 11.8 Å². The number of anilines is 1. The van der Waals surface area contributed by atoms with Crippen LogP contribution in [0.15, 0.2) is 18.2 Å². The molecule has 0 aromatic heterocycles. The summed E-state index contributed by atoms with van der Waals surface area (Å²) < 4.78 is 0. The third-order valence-corrected chi connectivity index (χ3v) is 5.36. The summed E-state index contributed by atoms with van der Waals surface area (Å²) in [5, 5.41) is 3.70. The molecule has 1 N–H and O–H groups in total. The number of nitrogens with zero attached hydrogens (tertiary/aromatic N) is 1. The third kappa shape index (κ3) is 4.42. The maximum Gasteiger partial charge on any atom is 0.227 e. The van der Waals surface area contributed by atoms with Crippen LogP contribution in [0, 0.1) is 11.8 Å². The molecule has 24 heavy (non-hydrogen) atoms. The summed E-state index contributed by atoms with van der Waals surface area (Å²) in [7, 11) is 0. The molecule has 1 aromatic rings. The molecule has 132 valence electrons. The van der Waals surface area contributed by atoms with E-state index >= 15 is 0 Å². The first-order valence-electron chi connectivity index (χ1n) is 8.51. The van der Waals surface area contributed by atoms with E-state index in [-0.39, 0.29) is 23.7 Å². The Morgan fingerprint density at radius 1 is 1.04 bits per heavy atom. The molecule has 0 radical (unpaired) electrons. The van der Waals surface area contributed by atoms with Gasteiger partial charge in [-0.3, -0.25) is 9.59 Å². The number of hydrogen-bond acceptors (Lipinski definition) is 2. The van der Waals surface area contributed by atoms with Crippen LogP contribution in [0.4, 0.5) is 5.69 Å². The van der Waals surface area contributed by atoms with Gasteiger partial charge in [-0.25, -0.2) is 0 Å². The number of hydrogen-bond donors (Lipinski definition) is 1. The zero-order chi connectivity index (χ0) is 17.7. The summed E-state index contributed by atoms with van der Waals surface area (Å²) in [5.41, 5.74) is 0.465. The van der Waals surface area contributed by atoms with Crippen molar-refractivity contribution in [2.45, 2.75) is 39.5 Å². The fourth-order valence-electron chi connectivity index (χ4n) is 3.24. The number of carbonyl (C=O) groups excluding carboxylic acids is 2. The molecule has 2 rings (SSSR count). The van der Waals surface area contributed by atoms with Crippen LogP contribution in [0.1, 0.15) is 39.5 Å². The summed E-state index contributed by atoms with van der Waals surface area (Å²) in [6, 6.07) is 5.13. The first-order chi connectivity index (χ1) is 11.5. The highest BCUT2D eigenvalue weighted by atomic mass is 35.5. The zero-order valence-electron chi connectivity index (χ0n) is 14.1. The maximum absolute atomic E-state index is 12.5. The third-order valence-electron chi connectivity index (χ3n) is 4.73. The Kier molecular flexibility index (Phi) is 6.93. The van der Waals surface area contributed by atoms with Crippen molar-refractivity contribution in [2.75, 3.05) is 18.4 Å². The van der Waals surface area contributed by atoms with Gasteiger partial charge < -0.3 is 10.2 Å². The van der Waals surface area contributed by atoms with E-state index in [2.05, 4.69) is 5.32 Å². The average molecular weight is 371 g/mol. The Hall–Kier alpha value is -1.26. The minimum atomic E-state index is -0.0990. The molecule has 0 aliphatic heterocycles. The first kappa shape index (κ1) is 19.1. The summed E-state index contributed by atoms with van der Waals surface area (Å²) in [5.74, 6) is 0.0858. The van der Waals surface area contributed by atoms with Crippen molar-refractivity contribution in [3.8, 4) is 0 Å². The molecular weight excluding hydrogens is 347 g/mol. The van der Waals surface area contributed by atoms with Crippen molar-refractivity contribution < 1.29 is 9.59 Å². The van der Waals surface area contributed by atoms with Gasteiger partial charge in [0.25, 0.3) is 0 Å². The van der Waals surface area contributed by atoms with Crippen molar-refractivity contribution in [3.05, 3.63) is 28.2 Å². The number of rotatable bonds is 5. The summed E-state index contributed by atoms with van der Waals surface area (Å²) >= 11 is 12.2. The lowest BCUT2D eigenvalue weighted by Crippen LogP contribution is -2.38. The number of benzene rings is 1. The largest absolute Gasteiger partial charge is 0.343 e. The number of amides is 2. The van der Waals surface area contributed by atoms with E-state index in [9.17, 15) is 9.59 Å². The van der Waals surface area contributed by atoms with Gasteiger partial charge in [0.2, 0.25) is 11.8 Å². The molecule has 1 fully saturated rings. The predicted octanol–water partition coefficient (Wildman–Crippen LogP) is 4.61. The van der Waals surface area contributed by atoms with Gasteiger partial charge >= 0.3 is 0 Å². The van der Waals surface area contributed by atoms with E-state index in [4.69, 9.17) is 23.2 Å². The fraction of sp³-hybridized carbons (Fsp3) is 0.556. The lowest BCUT2D eigenvalue weighted by Gasteiger charge is -2.30. The molecule has 0 unspecified atom stereocenters. The predicted molar refractivity (Wildman–Crippen MR) is 98.5 cm³/mol. The van der Waals surface area contributed by atoms with E-state index in [0.29, 0.717) is 28.6 Å². The zero-order valence-corrected chi connectivity index (χ0v) is 15.7. The van der Waals surface area contributed by atoms with Crippen LogP contribution in [0.2, 0.25) is 10.0 Å². The van der Waals surface area contributed by atoms with Gasteiger partial charge in [0.05, 0.1) is 15.7 Å². The minimum absolute atomic E-state index is 0.0397. The molecule has 4 nitrogen and oxygen atoms in total. The molecule has 0 bridgehead atoms. The smallest absolute Gasteiger partial charge is 0.227 e. The normalized spacial score (nSPS) is 20.5. The number of halogens is 2. The highest BCUT2D eigenvalue weighted by Gasteiger charge is 2.31. The number of nitrogens with one attached hydrogen (secondary N) is 1. The van der Waals surface area contributed by atoms with E-state index < -0.39 is 0 Å². The molecule has 1 aliphatic carbocycles. The van der Waals surface area contributed by atoms with E-state index in [1.165, 1.54) is 0 Å². The molecular formula is C18H24Cl2N2O2. The Morgan fingerprint density at radius 3 is 2.04 bits per heavy atom. The Labute approximate surface area is 153 Å². The van der Waals surface area contributed by atoms with E-state index in [1.807, 2.05) is 18.7 Å². The van der Waals surface area contributed by atoms with E-state index in [1.54, 1.807) is 18.2 Å². The lowest BCUT2D eigenvalue weighted by atomic mass is 9.81. The fourth-order valence-corrected chi connectivity index (χ4v) is 3.73. The molecule has 0 spiro atoms. The Balaban J connectivity index is 1.92. The summed E-state index contributed by atoms with van der Waals surface area (Å²) in [6.45, 7) is 5.46. The van der Waals surface area contributed by atoms with Crippen LogP contribution in [-0.4, -0.2) is 29.8 Å². The van der Waals surface area contributed by atoms with Crippen LogP contribution in [0.5, 0.6) is 0 Å². The van der Waals surface area contributed by atoms with E-state index in [0.717, 1.165) is 25.9 Å². The van der Waals surface area contributed by atoms with Crippen molar-refractivity contribution in [3.63, 3.8) is 0 Å².